The number of thioether (sulfide) groups is 1. The Morgan fingerprint density at radius 1 is 1.63 bits per heavy atom. The highest BCUT2D eigenvalue weighted by atomic mass is 79.9. The lowest BCUT2D eigenvalue weighted by molar-refractivity contribution is -0.149. The summed E-state index contributed by atoms with van der Waals surface area (Å²) in [5.74, 6) is -0.175. The van der Waals surface area contributed by atoms with Crippen LogP contribution in [-0.4, -0.2) is 44.4 Å². The zero-order valence-corrected chi connectivity index (χ0v) is 13.3. The molecule has 0 bridgehead atoms. The maximum atomic E-state index is 11.9. The number of rotatable bonds is 4. The molecule has 0 saturated carbocycles. The molecule has 0 aromatic heterocycles. The van der Waals surface area contributed by atoms with E-state index < -0.39 is 17.4 Å². The first-order valence-electron chi connectivity index (χ1n) is 6.00. The van der Waals surface area contributed by atoms with Crippen LogP contribution in [0.1, 0.15) is 20.3 Å². The number of carboxylic acids is 1. The average molecular weight is 349 g/mol. The predicted octanol–water partition coefficient (Wildman–Crippen LogP) is 1.38. The van der Waals surface area contributed by atoms with Crippen molar-refractivity contribution >= 4 is 39.6 Å². The van der Waals surface area contributed by atoms with Gasteiger partial charge >= 0.3 is 5.97 Å². The van der Waals surface area contributed by atoms with E-state index in [1.54, 1.807) is 30.5 Å². The van der Waals surface area contributed by atoms with Gasteiger partial charge in [0.2, 0.25) is 5.91 Å². The van der Waals surface area contributed by atoms with Crippen LogP contribution >= 0.6 is 27.7 Å². The van der Waals surface area contributed by atoms with Crippen molar-refractivity contribution in [2.75, 3.05) is 11.1 Å². The highest BCUT2D eigenvalue weighted by molar-refractivity contribution is 9.09. The molecule has 2 heterocycles. The van der Waals surface area contributed by atoms with Gasteiger partial charge in [-0.3, -0.25) is 9.59 Å². The third kappa shape index (κ3) is 2.43. The minimum absolute atomic E-state index is 0.0325. The van der Waals surface area contributed by atoms with Crippen molar-refractivity contribution < 1.29 is 14.7 Å². The van der Waals surface area contributed by atoms with Gasteiger partial charge in [-0.05, 0) is 19.4 Å². The fourth-order valence-corrected chi connectivity index (χ4v) is 4.34. The molecule has 3 N–H and O–H groups in total. The van der Waals surface area contributed by atoms with Crippen molar-refractivity contribution in [3.8, 4) is 0 Å². The van der Waals surface area contributed by atoms with Crippen LogP contribution in [0, 0.1) is 5.41 Å². The molecule has 2 aliphatic rings. The summed E-state index contributed by atoms with van der Waals surface area (Å²) in [5, 5.41) is 9.87. The van der Waals surface area contributed by atoms with E-state index in [0.29, 0.717) is 11.8 Å². The Balaban J connectivity index is 2.30. The number of carbonyl (C=O) groups excluding carboxylic acids is 1. The molecule has 5 nitrogen and oxygen atoms in total. The first kappa shape index (κ1) is 14.9. The first-order valence-corrected chi connectivity index (χ1v) is 8.17. The van der Waals surface area contributed by atoms with E-state index in [9.17, 15) is 14.7 Å². The molecule has 7 heteroatoms. The lowest BCUT2D eigenvalue weighted by Gasteiger charge is -2.50. The lowest BCUT2D eigenvalue weighted by atomic mass is 9.85. The Hall–Kier alpha value is -0.530. The second-order valence-electron chi connectivity index (χ2n) is 5.49. The minimum Gasteiger partial charge on any atom is -0.481 e. The molecular weight excluding hydrogens is 332 g/mol. The number of fused-ring (bicyclic) bond motifs is 1. The van der Waals surface area contributed by atoms with Gasteiger partial charge in [-0.1, -0.05) is 15.9 Å². The number of hydrogen-bond donors (Lipinski definition) is 2. The van der Waals surface area contributed by atoms with Gasteiger partial charge in [0, 0.05) is 23.2 Å². The maximum absolute atomic E-state index is 11.9. The lowest BCUT2D eigenvalue weighted by Crippen LogP contribution is -2.68. The van der Waals surface area contributed by atoms with Crippen LogP contribution in [0.2, 0.25) is 0 Å². The second-order valence-corrected chi connectivity index (χ2v) is 7.15. The van der Waals surface area contributed by atoms with Crippen LogP contribution in [0.3, 0.4) is 0 Å². The number of hydrogen-bond acceptors (Lipinski definition) is 4. The van der Waals surface area contributed by atoms with Crippen molar-refractivity contribution in [2.24, 2.45) is 11.1 Å². The van der Waals surface area contributed by atoms with Crippen LogP contribution < -0.4 is 5.73 Å². The molecule has 0 aromatic carbocycles. The predicted molar refractivity (Wildman–Crippen MR) is 77.9 cm³/mol. The third-order valence-electron chi connectivity index (χ3n) is 3.56. The van der Waals surface area contributed by atoms with Crippen molar-refractivity contribution in [1.82, 2.24) is 4.90 Å². The summed E-state index contributed by atoms with van der Waals surface area (Å²) in [5.41, 5.74) is 6.81. The molecule has 1 amide bonds. The molecule has 0 aromatic rings. The molecular formula is C12H17BrN2O3S. The van der Waals surface area contributed by atoms with Crippen LogP contribution in [-0.2, 0) is 9.59 Å². The van der Waals surface area contributed by atoms with E-state index in [0.717, 1.165) is 17.0 Å². The number of aliphatic carboxylic acids is 1. The zero-order valence-electron chi connectivity index (χ0n) is 10.9. The molecule has 19 heavy (non-hydrogen) atoms. The molecule has 2 atom stereocenters. The number of β-lactam (4-membered cyclic amide) rings is 1. The molecule has 0 radical (unpaired) electrons. The van der Waals surface area contributed by atoms with E-state index in [1.165, 1.54) is 0 Å². The van der Waals surface area contributed by atoms with Crippen LogP contribution in [0.5, 0.6) is 0 Å². The van der Waals surface area contributed by atoms with E-state index >= 15 is 0 Å². The van der Waals surface area contributed by atoms with E-state index in [1.807, 2.05) is 0 Å². The Bertz CT molecular complexity index is 464. The van der Waals surface area contributed by atoms with Crippen molar-refractivity contribution in [2.45, 2.75) is 31.7 Å². The summed E-state index contributed by atoms with van der Waals surface area (Å²) in [6.07, 6.45) is 0.346. The number of halogens is 1. The van der Waals surface area contributed by atoms with Crippen LogP contribution in [0.15, 0.2) is 11.3 Å². The van der Waals surface area contributed by atoms with Gasteiger partial charge in [0.25, 0.3) is 0 Å². The zero-order chi connectivity index (χ0) is 14.4. The van der Waals surface area contributed by atoms with Crippen molar-refractivity contribution in [1.29, 1.82) is 0 Å². The number of nitrogens with zero attached hydrogens (tertiary/aromatic N) is 1. The van der Waals surface area contributed by atoms with Gasteiger partial charge < -0.3 is 15.7 Å². The SMILES string of the molecule is CC(C)(CC1=C(CBr)CS[C@H]2C(N)C(=O)N12)C(=O)O. The summed E-state index contributed by atoms with van der Waals surface area (Å²) in [6.45, 7) is 3.35. The topological polar surface area (TPSA) is 83.6 Å². The van der Waals surface area contributed by atoms with Gasteiger partial charge in [0.1, 0.15) is 11.4 Å². The number of carboxylic acid groups (broad SMARTS) is 1. The minimum atomic E-state index is -0.894. The molecule has 2 rings (SSSR count). The van der Waals surface area contributed by atoms with Crippen LogP contribution in [0.4, 0.5) is 0 Å². The maximum Gasteiger partial charge on any atom is 0.309 e. The number of nitrogens with two attached hydrogens (primary N) is 1. The molecule has 0 spiro atoms. The fourth-order valence-electron chi connectivity index (χ4n) is 2.21. The van der Waals surface area contributed by atoms with E-state index in [2.05, 4.69) is 15.9 Å². The molecule has 0 aliphatic carbocycles. The molecule has 1 saturated heterocycles. The monoisotopic (exact) mass is 348 g/mol. The smallest absolute Gasteiger partial charge is 0.309 e. The highest BCUT2D eigenvalue weighted by Gasteiger charge is 2.50. The van der Waals surface area contributed by atoms with Gasteiger partial charge in [-0.15, -0.1) is 11.8 Å². The summed E-state index contributed by atoms with van der Waals surface area (Å²) in [7, 11) is 0. The van der Waals surface area contributed by atoms with Crippen molar-refractivity contribution in [3.63, 3.8) is 0 Å². The Kier molecular flexibility index (Phi) is 3.99. The number of amides is 1. The normalized spacial score (nSPS) is 27.2. The van der Waals surface area contributed by atoms with Gasteiger partial charge in [0.15, 0.2) is 0 Å². The number of allylic oxidation sites excluding steroid dienone is 1. The molecule has 1 unspecified atom stereocenters. The highest BCUT2D eigenvalue weighted by Crippen LogP contribution is 2.43. The Morgan fingerprint density at radius 2 is 2.26 bits per heavy atom. The molecule has 106 valence electrons. The summed E-state index contributed by atoms with van der Waals surface area (Å²) in [6, 6.07) is -0.454. The largest absolute Gasteiger partial charge is 0.481 e. The van der Waals surface area contributed by atoms with E-state index in [-0.39, 0.29) is 11.3 Å². The average Bonchev–Trinajstić information content (AvgIpc) is 2.36. The first-order chi connectivity index (χ1) is 8.79. The summed E-state index contributed by atoms with van der Waals surface area (Å²) >= 11 is 5.06. The third-order valence-corrected chi connectivity index (χ3v) is 5.60. The Labute approximate surface area is 124 Å². The van der Waals surface area contributed by atoms with Gasteiger partial charge in [-0.25, -0.2) is 0 Å². The molecule has 1 fully saturated rings. The second kappa shape index (κ2) is 5.10. The standard InChI is InChI=1S/C12H17BrN2O3S/c1-12(2,11(17)18)3-7-6(4-13)5-19-10-8(14)9(16)15(7)10/h8,10H,3-5,14H2,1-2H3,(H,17,18)/t8?,10-/m0/s1. The van der Waals surface area contributed by atoms with Gasteiger partial charge in [0.05, 0.1) is 5.41 Å². The van der Waals surface area contributed by atoms with Gasteiger partial charge in [-0.2, -0.15) is 0 Å². The summed E-state index contributed by atoms with van der Waals surface area (Å²) < 4.78 is 0. The van der Waals surface area contributed by atoms with E-state index in [4.69, 9.17) is 5.73 Å². The Morgan fingerprint density at radius 3 is 2.79 bits per heavy atom. The molecule has 2 aliphatic heterocycles. The van der Waals surface area contributed by atoms with Crippen LogP contribution in [0.25, 0.3) is 0 Å². The fraction of sp³-hybridized carbons (Fsp3) is 0.667. The number of carbonyl (C=O) groups is 2. The quantitative estimate of drug-likeness (QED) is 0.592. The number of alkyl halides is 1. The van der Waals surface area contributed by atoms with Crippen molar-refractivity contribution in [3.05, 3.63) is 11.3 Å². The summed E-state index contributed by atoms with van der Waals surface area (Å²) in [4.78, 5) is 24.9.